The van der Waals surface area contributed by atoms with Gasteiger partial charge in [-0.1, -0.05) is 0 Å². The number of rotatable bonds is 5. The third-order valence-corrected chi connectivity index (χ3v) is 5.01. The number of nitrogens with zero attached hydrogens (tertiary/aromatic N) is 2. The number of benzene rings is 2. The van der Waals surface area contributed by atoms with Gasteiger partial charge < -0.3 is 5.32 Å². The van der Waals surface area contributed by atoms with E-state index in [-0.39, 0.29) is 11.6 Å². The van der Waals surface area contributed by atoms with Crippen LogP contribution >= 0.6 is 0 Å². The van der Waals surface area contributed by atoms with E-state index in [0.717, 1.165) is 12.1 Å². The average Bonchev–Trinajstić information content (AvgIpc) is 2.94. The zero-order valence-corrected chi connectivity index (χ0v) is 15.7. The lowest BCUT2D eigenvalue weighted by Crippen LogP contribution is -2.14. The molecule has 146 valence electrons. The van der Waals surface area contributed by atoms with Crippen LogP contribution < -0.4 is 10.0 Å². The Labute approximate surface area is 160 Å². The molecule has 0 saturated heterocycles. The minimum Gasteiger partial charge on any atom is -0.311 e. The smallest absolute Gasteiger partial charge is 0.262 e. The zero-order chi connectivity index (χ0) is 20.5. The molecule has 0 fully saturated rings. The highest BCUT2D eigenvalue weighted by atomic mass is 32.2. The summed E-state index contributed by atoms with van der Waals surface area (Å²) in [4.78, 5) is 10.8. The van der Waals surface area contributed by atoms with E-state index in [9.17, 15) is 22.0 Å². The number of hydrogen-bond acceptors (Lipinski definition) is 4. The topological polar surface area (TPSA) is 93.1 Å². The summed E-state index contributed by atoms with van der Waals surface area (Å²) in [6.45, 7) is 3.14. The van der Waals surface area contributed by atoms with Gasteiger partial charge in [0.15, 0.2) is 0 Å². The van der Waals surface area contributed by atoms with Crippen LogP contribution in [0.4, 0.5) is 20.3 Å². The first-order valence-corrected chi connectivity index (χ1v) is 9.56. The molecule has 0 spiro atoms. The summed E-state index contributed by atoms with van der Waals surface area (Å²) in [7, 11) is -4.17. The van der Waals surface area contributed by atoms with Gasteiger partial charge >= 0.3 is 0 Å². The predicted molar refractivity (Wildman–Crippen MR) is 99.8 cm³/mol. The van der Waals surface area contributed by atoms with Crippen LogP contribution in [-0.4, -0.2) is 24.1 Å². The Hall–Kier alpha value is -3.27. The number of hydrogen-bond donors (Lipinski definition) is 2. The van der Waals surface area contributed by atoms with Gasteiger partial charge in [0.2, 0.25) is 5.91 Å². The first-order chi connectivity index (χ1) is 13.1. The quantitative estimate of drug-likeness (QED) is 0.680. The molecule has 1 aromatic heterocycles. The van der Waals surface area contributed by atoms with E-state index in [1.165, 1.54) is 23.7 Å². The van der Waals surface area contributed by atoms with Crippen LogP contribution in [0.5, 0.6) is 0 Å². The molecule has 1 heterocycles. The van der Waals surface area contributed by atoms with Crippen LogP contribution in [0.25, 0.3) is 5.69 Å². The van der Waals surface area contributed by atoms with E-state index in [1.54, 1.807) is 25.1 Å². The highest BCUT2D eigenvalue weighted by molar-refractivity contribution is 7.92. The Morgan fingerprint density at radius 2 is 1.64 bits per heavy atom. The Kier molecular flexibility index (Phi) is 5.14. The molecular formula is C18H16F2N4O3S. The molecule has 0 aliphatic carbocycles. The maximum atomic E-state index is 13.3. The Bertz CT molecular complexity index is 1120. The number of amides is 1. The molecule has 0 aliphatic heterocycles. The number of aromatic nitrogens is 2. The van der Waals surface area contributed by atoms with Crippen molar-refractivity contribution < 1.29 is 22.0 Å². The van der Waals surface area contributed by atoms with E-state index in [4.69, 9.17) is 0 Å². The van der Waals surface area contributed by atoms with Crippen LogP contribution in [-0.2, 0) is 14.8 Å². The van der Waals surface area contributed by atoms with E-state index in [1.807, 2.05) is 0 Å². The SMILES string of the molecule is CC(=O)Nc1cc(C)nn1-c1ccc(NS(=O)(=O)c2cc(F)cc(F)c2)cc1. The number of sulfonamides is 1. The van der Waals surface area contributed by atoms with E-state index in [0.29, 0.717) is 23.3 Å². The minimum absolute atomic E-state index is 0.193. The van der Waals surface area contributed by atoms with Crippen molar-refractivity contribution in [2.75, 3.05) is 10.0 Å². The fourth-order valence-corrected chi connectivity index (χ4v) is 3.63. The van der Waals surface area contributed by atoms with Crippen LogP contribution in [0.2, 0.25) is 0 Å². The minimum atomic E-state index is -4.17. The first kappa shape index (κ1) is 19.5. The normalized spacial score (nSPS) is 11.3. The Morgan fingerprint density at radius 3 is 2.21 bits per heavy atom. The first-order valence-electron chi connectivity index (χ1n) is 8.08. The molecule has 2 aromatic carbocycles. The van der Waals surface area contributed by atoms with Gasteiger partial charge in [-0.15, -0.1) is 0 Å². The maximum absolute atomic E-state index is 13.3. The third kappa shape index (κ3) is 4.34. The molecule has 0 saturated carbocycles. The zero-order valence-electron chi connectivity index (χ0n) is 14.9. The van der Waals surface area contributed by atoms with Gasteiger partial charge in [-0.05, 0) is 43.3 Å². The molecule has 0 atom stereocenters. The predicted octanol–water partition coefficient (Wildman–Crippen LogP) is 3.22. The summed E-state index contributed by atoms with van der Waals surface area (Å²) in [6.07, 6.45) is 0. The highest BCUT2D eigenvalue weighted by Gasteiger charge is 2.17. The fraction of sp³-hybridized carbons (Fsp3) is 0.111. The number of carbonyl (C=O) groups excluding carboxylic acids is 1. The van der Waals surface area contributed by atoms with E-state index < -0.39 is 26.6 Å². The second-order valence-electron chi connectivity index (χ2n) is 6.02. The number of anilines is 2. The summed E-state index contributed by atoms with van der Waals surface area (Å²) in [5, 5.41) is 6.94. The van der Waals surface area contributed by atoms with E-state index in [2.05, 4.69) is 15.1 Å². The number of nitrogens with one attached hydrogen (secondary N) is 2. The van der Waals surface area contributed by atoms with Gasteiger partial charge in [0, 0.05) is 24.7 Å². The van der Waals surface area contributed by atoms with Crippen molar-refractivity contribution in [2.45, 2.75) is 18.7 Å². The molecule has 0 radical (unpaired) electrons. The second-order valence-corrected chi connectivity index (χ2v) is 7.70. The molecule has 28 heavy (non-hydrogen) atoms. The number of halogens is 2. The average molecular weight is 406 g/mol. The molecule has 3 aromatic rings. The molecular weight excluding hydrogens is 390 g/mol. The third-order valence-electron chi connectivity index (χ3n) is 3.65. The van der Waals surface area contributed by atoms with Crippen LogP contribution in [0.3, 0.4) is 0 Å². The summed E-state index contributed by atoms with van der Waals surface area (Å²) in [6, 6.07) is 9.85. The van der Waals surface area contributed by atoms with Crippen molar-refractivity contribution in [3.05, 3.63) is 65.9 Å². The second kappa shape index (κ2) is 7.39. The summed E-state index contributed by atoms with van der Waals surface area (Å²) in [5.41, 5.74) is 1.46. The fourth-order valence-electron chi connectivity index (χ4n) is 2.53. The molecule has 3 rings (SSSR count). The van der Waals surface area contributed by atoms with Crippen LogP contribution in [0.1, 0.15) is 12.6 Å². The van der Waals surface area contributed by atoms with Crippen LogP contribution in [0, 0.1) is 18.6 Å². The van der Waals surface area contributed by atoms with Gasteiger partial charge in [0.1, 0.15) is 17.5 Å². The Balaban J connectivity index is 1.86. The lowest BCUT2D eigenvalue weighted by Gasteiger charge is -2.11. The van der Waals surface area contributed by atoms with Gasteiger partial charge in [0.25, 0.3) is 10.0 Å². The standard InChI is InChI=1S/C18H16F2N4O3S/c1-11-7-18(21-12(2)25)24(22-11)16-5-3-15(4-6-16)23-28(26,27)17-9-13(19)8-14(20)10-17/h3-10,23H,1-2H3,(H,21,25). The van der Waals surface area contributed by atoms with Gasteiger partial charge in [-0.2, -0.15) is 5.10 Å². The Morgan fingerprint density at radius 1 is 1.04 bits per heavy atom. The maximum Gasteiger partial charge on any atom is 0.262 e. The molecule has 1 amide bonds. The molecule has 2 N–H and O–H groups in total. The van der Waals surface area contributed by atoms with Crippen LogP contribution in [0.15, 0.2) is 53.4 Å². The summed E-state index contributed by atoms with van der Waals surface area (Å²) in [5.74, 6) is -1.77. The van der Waals surface area contributed by atoms with Crippen molar-refractivity contribution >= 4 is 27.4 Å². The highest BCUT2D eigenvalue weighted by Crippen LogP contribution is 2.22. The van der Waals surface area contributed by atoms with Crippen molar-refractivity contribution in [3.63, 3.8) is 0 Å². The lowest BCUT2D eigenvalue weighted by atomic mass is 10.3. The van der Waals surface area contributed by atoms with Crippen molar-refractivity contribution in [2.24, 2.45) is 0 Å². The molecule has 7 nitrogen and oxygen atoms in total. The summed E-state index contributed by atoms with van der Waals surface area (Å²) >= 11 is 0. The molecule has 0 unspecified atom stereocenters. The van der Waals surface area contributed by atoms with Crippen molar-refractivity contribution in [1.29, 1.82) is 0 Å². The molecule has 0 bridgehead atoms. The van der Waals surface area contributed by atoms with E-state index >= 15 is 0 Å². The number of aryl methyl sites for hydroxylation is 1. The molecule has 0 aliphatic rings. The number of carbonyl (C=O) groups is 1. The largest absolute Gasteiger partial charge is 0.311 e. The van der Waals surface area contributed by atoms with Crippen molar-refractivity contribution in [3.8, 4) is 5.69 Å². The molecule has 10 heteroatoms. The van der Waals surface area contributed by atoms with Gasteiger partial charge in [-0.25, -0.2) is 21.9 Å². The van der Waals surface area contributed by atoms with Crippen molar-refractivity contribution in [1.82, 2.24) is 9.78 Å². The van der Waals surface area contributed by atoms with Gasteiger partial charge in [0.05, 0.1) is 16.3 Å². The van der Waals surface area contributed by atoms with Gasteiger partial charge in [-0.3, -0.25) is 9.52 Å². The summed E-state index contributed by atoms with van der Waals surface area (Å²) < 4.78 is 55.0. The monoisotopic (exact) mass is 406 g/mol. The lowest BCUT2D eigenvalue weighted by molar-refractivity contribution is -0.114.